The molecule has 0 amide bonds. The van der Waals surface area contributed by atoms with Gasteiger partial charge in [0.15, 0.2) is 0 Å². The molecule has 0 aliphatic carbocycles. The lowest BCUT2D eigenvalue weighted by Crippen LogP contribution is -2.08. The zero-order valence-electron chi connectivity index (χ0n) is 9.84. The Morgan fingerprint density at radius 3 is 2.65 bits per heavy atom. The van der Waals surface area contributed by atoms with Crippen LogP contribution in [0.15, 0.2) is 42.5 Å². The van der Waals surface area contributed by atoms with E-state index in [1.165, 1.54) is 13.0 Å². The molecule has 90 valence electrons. The first-order chi connectivity index (χ1) is 8.24. The van der Waals surface area contributed by atoms with Crippen molar-refractivity contribution in [3.05, 3.63) is 48.0 Å². The van der Waals surface area contributed by atoms with Crippen LogP contribution in [0, 0.1) is 0 Å². The van der Waals surface area contributed by atoms with Gasteiger partial charge >= 0.3 is 5.97 Å². The monoisotopic (exact) mass is 232 g/mol. The summed E-state index contributed by atoms with van der Waals surface area (Å²) in [6.45, 7) is 1.40. The Kier molecular flexibility index (Phi) is 5.72. The SMILES string of the molecule is CC(=O)OC(CC/C=C/C=O)c1ccccc1. The average Bonchev–Trinajstić information content (AvgIpc) is 2.34. The molecule has 1 aromatic carbocycles. The first-order valence-corrected chi connectivity index (χ1v) is 5.56. The van der Waals surface area contributed by atoms with Crippen LogP contribution < -0.4 is 0 Å². The molecule has 0 aliphatic rings. The third-order valence-electron chi connectivity index (χ3n) is 2.29. The summed E-state index contributed by atoms with van der Waals surface area (Å²) in [5.74, 6) is -0.293. The number of carbonyl (C=O) groups is 2. The quantitative estimate of drug-likeness (QED) is 0.430. The van der Waals surface area contributed by atoms with Crippen molar-refractivity contribution in [2.24, 2.45) is 0 Å². The van der Waals surface area contributed by atoms with Crippen LogP contribution in [0.1, 0.15) is 31.4 Å². The van der Waals surface area contributed by atoms with Crippen molar-refractivity contribution in [2.75, 3.05) is 0 Å². The van der Waals surface area contributed by atoms with E-state index < -0.39 is 0 Å². The van der Waals surface area contributed by atoms with Crippen LogP contribution in [0.5, 0.6) is 0 Å². The van der Waals surface area contributed by atoms with Gasteiger partial charge in [-0.25, -0.2) is 0 Å². The van der Waals surface area contributed by atoms with Crippen molar-refractivity contribution in [2.45, 2.75) is 25.9 Å². The third-order valence-corrected chi connectivity index (χ3v) is 2.29. The van der Waals surface area contributed by atoms with E-state index in [4.69, 9.17) is 4.74 Å². The molecule has 0 bridgehead atoms. The number of carbonyl (C=O) groups excluding carboxylic acids is 2. The van der Waals surface area contributed by atoms with Crippen molar-refractivity contribution in [1.82, 2.24) is 0 Å². The second kappa shape index (κ2) is 7.39. The normalized spacial score (nSPS) is 12.3. The zero-order chi connectivity index (χ0) is 12.5. The summed E-state index contributed by atoms with van der Waals surface area (Å²) in [6.07, 6.45) is 5.09. The summed E-state index contributed by atoms with van der Waals surface area (Å²) in [4.78, 5) is 21.1. The number of esters is 1. The fraction of sp³-hybridized carbons (Fsp3) is 0.286. The van der Waals surface area contributed by atoms with E-state index in [-0.39, 0.29) is 12.1 Å². The lowest BCUT2D eigenvalue weighted by Gasteiger charge is -2.16. The Morgan fingerprint density at radius 1 is 1.35 bits per heavy atom. The number of rotatable bonds is 6. The predicted octanol–water partition coefficient (Wildman–Crippen LogP) is 2.83. The van der Waals surface area contributed by atoms with Gasteiger partial charge in [-0.2, -0.15) is 0 Å². The average molecular weight is 232 g/mol. The van der Waals surface area contributed by atoms with Crippen LogP contribution in [0.4, 0.5) is 0 Å². The molecule has 1 rings (SSSR count). The minimum absolute atomic E-state index is 0.245. The van der Waals surface area contributed by atoms with Crippen LogP contribution in [0.3, 0.4) is 0 Å². The van der Waals surface area contributed by atoms with Gasteiger partial charge in [-0.15, -0.1) is 0 Å². The van der Waals surface area contributed by atoms with Crippen molar-refractivity contribution in [3.63, 3.8) is 0 Å². The van der Waals surface area contributed by atoms with Crippen LogP contribution in [0.25, 0.3) is 0 Å². The molecule has 1 unspecified atom stereocenters. The number of hydrogen-bond donors (Lipinski definition) is 0. The van der Waals surface area contributed by atoms with Gasteiger partial charge in [0.1, 0.15) is 12.4 Å². The Balaban J connectivity index is 2.64. The highest BCUT2D eigenvalue weighted by Crippen LogP contribution is 2.22. The Morgan fingerprint density at radius 2 is 2.06 bits per heavy atom. The van der Waals surface area contributed by atoms with Gasteiger partial charge in [0.2, 0.25) is 0 Å². The van der Waals surface area contributed by atoms with E-state index in [9.17, 15) is 9.59 Å². The summed E-state index contributed by atoms with van der Waals surface area (Å²) in [5, 5.41) is 0. The molecule has 0 fully saturated rings. The molecule has 0 aliphatic heterocycles. The molecular formula is C14H16O3. The van der Waals surface area contributed by atoms with E-state index in [2.05, 4.69) is 0 Å². The first kappa shape index (κ1) is 13.2. The van der Waals surface area contributed by atoms with Crippen molar-refractivity contribution >= 4 is 12.3 Å². The van der Waals surface area contributed by atoms with Gasteiger partial charge in [-0.3, -0.25) is 9.59 Å². The lowest BCUT2D eigenvalue weighted by atomic mass is 10.0. The molecule has 0 heterocycles. The Labute approximate surface area is 101 Å². The molecule has 17 heavy (non-hydrogen) atoms. The minimum Gasteiger partial charge on any atom is -0.458 e. The van der Waals surface area contributed by atoms with Crippen molar-refractivity contribution in [1.29, 1.82) is 0 Å². The number of benzene rings is 1. The summed E-state index contributed by atoms with van der Waals surface area (Å²) in [7, 11) is 0. The third kappa shape index (κ3) is 5.11. The van der Waals surface area contributed by atoms with Crippen LogP contribution in [-0.2, 0) is 14.3 Å². The van der Waals surface area contributed by atoms with E-state index in [1.807, 2.05) is 30.3 Å². The van der Waals surface area contributed by atoms with E-state index >= 15 is 0 Å². The van der Waals surface area contributed by atoms with Gasteiger partial charge in [-0.1, -0.05) is 36.4 Å². The topological polar surface area (TPSA) is 43.4 Å². The highest BCUT2D eigenvalue weighted by molar-refractivity contribution is 5.66. The molecule has 1 aromatic rings. The molecule has 3 nitrogen and oxygen atoms in total. The maximum Gasteiger partial charge on any atom is 0.303 e. The molecule has 0 radical (unpaired) electrons. The molecular weight excluding hydrogens is 216 g/mol. The van der Waals surface area contributed by atoms with E-state index in [0.29, 0.717) is 12.8 Å². The molecule has 0 saturated carbocycles. The minimum atomic E-state index is -0.293. The second-order valence-electron chi connectivity index (χ2n) is 3.65. The molecule has 0 spiro atoms. The summed E-state index contributed by atoms with van der Waals surface area (Å²) >= 11 is 0. The fourth-order valence-electron chi connectivity index (χ4n) is 1.56. The standard InChI is InChI=1S/C14H16O3/c1-12(16)17-14(10-6-3-7-11-15)13-8-4-2-5-9-13/h2-5,7-9,11,14H,6,10H2,1H3/b7-3+. The zero-order valence-corrected chi connectivity index (χ0v) is 9.84. The largest absolute Gasteiger partial charge is 0.458 e. The number of ether oxygens (including phenoxy) is 1. The van der Waals surface area contributed by atoms with Gasteiger partial charge in [-0.05, 0) is 24.5 Å². The Hall–Kier alpha value is -1.90. The predicted molar refractivity (Wildman–Crippen MR) is 65.4 cm³/mol. The fourth-order valence-corrected chi connectivity index (χ4v) is 1.56. The van der Waals surface area contributed by atoms with Crippen LogP contribution >= 0.6 is 0 Å². The molecule has 0 saturated heterocycles. The van der Waals surface area contributed by atoms with Gasteiger partial charge in [0, 0.05) is 6.92 Å². The Bertz CT molecular complexity index is 382. The first-order valence-electron chi connectivity index (χ1n) is 5.56. The van der Waals surface area contributed by atoms with Crippen LogP contribution in [-0.4, -0.2) is 12.3 Å². The van der Waals surface area contributed by atoms with Gasteiger partial charge in [0.25, 0.3) is 0 Å². The molecule has 3 heteroatoms. The maximum absolute atomic E-state index is 11.0. The summed E-state index contributed by atoms with van der Waals surface area (Å²) in [6, 6.07) is 9.59. The smallest absolute Gasteiger partial charge is 0.303 e. The van der Waals surface area contributed by atoms with Gasteiger partial charge < -0.3 is 4.74 Å². The van der Waals surface area contributed by atoms with Crippen molar-refractivity contribution in [3.8, 4) is 0 Å². The molecule has 1 atom stereocenters. The van der Waals surface area contributed by atoms with Crippen LogP contribution in [0.2, 0.25) is 0 Å². The van der Waals surface area contributed by atoms with Gasteiger partial charge in [0.05, 0.1) is 0 Å². The maximum atomic E-state index is 11.0. The summed E-state index contributed by atoms with van der Waals surface area (Å²) in [5.41, 5.74) is 0.974. The highest BCUT2D eigenvalue weighted by Gasteiger charge is 2.13. The van der Waals surface area contributed by atoms with E-state index in [0.717, 1.165) is 11.8 Å². The molecule has 0 N–H and O–H groups in total. The number of allylic oxidation sites excluding steroid dienone is 2. The molecule has 0 aromatic heterocycles. The number of aldehydes is 1. The summed E-state index contributed by atoms with van der Waals surface area (Å²) < 4.78 is 5.26. The lowest BCUT2D eigenvalue weighted by molar-refractivity contribution is -0.147. The van der Waals surface area contributed by atoms with E-state index in [1.54, 1.807) is 6.08 Å². The second-order valence-corrected chi connectivity index (χ2v) is 3.65. The highest BCUT2D eigenvalue weighted by atomic mass is 16.5. The number of hydrogen-bond acceptors (Lipinski definition) is 3. The van der Waals surface area contributed by atoms with Crippen molar-refractivity contribution < 1.29 is 14.3 Å².